The Hall–Kier alpha value is -1.66. The predicted octanol–water partition coefficient (Wildman–Crippen LogP) is 2.42. The van der Waals surface area contributed by atoms with Crippen LogP contribution in [0.2, 0.25) is 0 Å². The zero-order valence-corrected chi connectivity index (χ0v) is 12.8. The van der Waals surface area contributed by atoms with Crippen LogP contribution >= 0.6 is 11.3 Å². The lowest BCUT2D eigenvalue weighted by molar-refractivity contribution is 0.0827. The Morgan fingerprint density at radius 2 is 2.43 bits per heavy atom. The molecule has 3 N–H and O–H groups in total. The van der Waals surface area contributed by atoms with Gasteiger partial charge in [-0.3, -0.25) is 4.79 Å². The molecule has 1 aromatic heterocycles. The number of carbonyl (C=O) groups excluding carboxylic acids is 1. The van der Waals surface area contributed by atoms with Gasteiger partial charge in [-0.15, -0.1) is 0 Å². The molecule has 0 spiro atoms. The Kier molecular flexibility index (Phi) is 4.07. The number of rotatable bonds is 4. The van der Waals surface area contributed by atoms with E-state index < -0.39 is 0 Å². The summed E-state index contributed by atoms with van der Waals surface area (Å²) in [6, 6.07) is 5.48. The Labute approximate surface area is 127 Å². The van der Waals surface area contributed by atoms with Crippen LogP contribution in [0.4, 0.5) is 5.13 Å². The molecule has 5 nitrogen and oxygen atoms in total. The minimum Gasteiger partial charge on any atom is -0.378 e. The summed E-state index contributed by atoms with van der Waals surface area (Å²) in [6.45, 7) is 3.58. The zero-order valence-electron chi connectivity index (χ0n) is 12.0. The number of carbonyl (C=O) groups is 1. The zero-order chi connectivity index (χ0) is 14.8. The lowest BCUT2D eigenvalue weighted by Gasteiger charge is -2.17. The smallest absolute Gasteiger partial charge is 0.251 e. The number of anilines is 1. The number of amides is 1. The topological polar surface area (TPSA) is 77.2 Å². The quantitative estimate of drug-likeness (QED) is 0.909. The van der Waals surface area contributed by atoms with Crippen molar-refractivity contribution in [3.05, 3.63) is 23.8 Å². The largest absolute Gasteiger partial charge is 0.378 e. The van der Waals surface area contributed by atoms with Gasteiger partial charge in [0.1, 0.15) is 0 Å². The van der Waals surface area contributed by atoms with E-state index in [1.165, 1.54) is 11.3 Å². The monoisotopic (exact) mass is 305 g/mol. The molecule has 1 aromatic carbocycles. The maximum atomic E-state index is 12.2. The highest BCUT2D eigenvalue weighted by Crippen LogP contribution is 2.25. The Morgan fingerprint density at radius 3 is 3.24 bits per heavy atom. The summed E-state index contributed by atoms with van der Waals surface area (Å²) in [5.41, 5.74) is 7.17. The van der Waals surface area contributed by atoms with Crippen LogP contribution in [0.5, 0.6) is 0 Å². The molecule has 0 saturated carbocycles. The molecule has 21 heavy (non-hydrogen) atoms. The van der Waals surface area contributed by atoms with Gasteiger partial charge in [0.05, 0.1) is 16.3 Å². The number of hydrogen-bond donors (Lipinski definition) is 2. The second-order valence-corrected chi connectivity index (χ2v) is 6.37. The van der Waals surface area contributed by atoms with E-state index in [-0.39, 0.29) is 12.0 Å². The Bertz CT molecular complexity index is 655. The number of nitrogen functional groups attached to an aromatic ring is 1. The first-order valence-corrected chi connectivity index (χ1v) is 8.05. The van der Waals surface area contributed by atoms with Gasteiger partial charge < -0.3 is 15.8 Å². The van der Waals surface area contributed by atoms with Crippen molar-refractivity contribution in [2.45, 2.75) is 25.9 Å². The number of hydrogen-bond acceptors (Lipinski definition) is 5. The van der Waals surface area contributed by atoms with Gasteiger partial charge >= 0.3 is 0 Å². The molecule has 1 saturated heterocycles. The van der Waals surface area contributed by atoms with Crippen LogP contribution in [0, 0.1) is 5.92 Å². The summed E-state index contributed by atoms with van der Waals surface area (Å²) >= 11 is 1.40. The number of aromatic nitrogens is 1. The molecule has 3 rings (SSSR count). The molecule has 2 atom stereocenters. The van der Waals surface area contributed by atoms with Crippen LogP contribution < -0.4 is 11.1 Å². The molecule has 112 valence electrons. The van der Waals surface area contributed by atoms with Crippen molar-refractivity contribution in [3.8, 4) is 0 Å². The lowest BCUT2D eigenvalue weighted by Crippen LogP contribution is -2.32. The van der Waals surface area contributed by atoms with E-state index in [1.54, 1.807) is 6.07 Å². The van der Waals surface area contributed by atoms with E-state index in [1.807, 2.05) is 12.1 Å². The molecule has 6 heteroatoms. The van der Waals surface area contributed by atoms with Crippen LogP contribution in [-0.4, -0.2) is 30.1 Å². The third kappa shape index (κ3) is 3.01. The highest BCUT2D eigenvalue weighted by molar-refractivity contribution is 7.22. The van der Waals surface area contributed by atoms with Crippen LogP contribution in [-0.2, 0) is 4.74 Å². The van der Waals surface area contributed by atoms with Crippen LogP contribution in [0.25, 0.3) is 10.2 Å². The van der Waals surface area contributed by atoms with E-state index in [2.05, 4.69) is 17.2 Å². The molecule has 0 bridgehead atoms. The number of nitrogens with one attached hydrogen (secondary N) is 1. The van der Waals surface area contributed by atoms with E-state index >= 15 is 0 Å². The summed E-state index contributed by atoms with van der Waals surface area (Å²) in [5, 5.41) is 3.54. The first-order chi connectivity index (χ1) is 10.2. The van der Waals surface area contributed by atoms with Crippen molar-refractivity contribution >= 4 is 32.6 Å². The SMILES string of the molecule is CCC1OCCC1CNC(=O)c1ccc2nc(N)sc2c1. The summed E-state index contributed by atoms with van der Waals surface area (Å²) in [7, 11) is 0. The molecule has 1 amide bonds. The maximum Gasteiger partial charge on any atom is 0.251 e. The summed E-state index contributed by atoms with van der Waals surface area (Å²) in [4.78, 5) is 16.4. The van der Waals surface area contributed by atoms with E-state index in [4.69, 9.17) is 10.5 Å². The Morgan fingerprint density at radius 1 is 1.57 bits per heavy atom. The van der Waals surface area contributed by atoms with Crippen molar-refractivity contribution in [3.63, 3.8) is 0 Å². The number of thiazole rings is 1. The van der Waals surface area contributed by atoms with Gasteiger partial charge in [-0.2, -0.15) is 0 Å². The fourth-order valence-electron chi connectivity index (χ4n) is 2.79. The number of ether oxygens (including phenoxy) is 1. The van der Waals surface area contributed by atoms with Crippen molar-refractivity contribution in [1.29, 1.82) is 0 Å². The van der Waals surface area contributed by atoms with Crippen molar-refractivity contribution in [2.75, 3.05) is 18.9 Å². The number of fused-ring (bicyclic) bond motifs is 1. The summed E-state index contributed by atoms with van der Waals surface area (Å²) in [6.07, 6.45) is 2.28. The summed E-state index contributed by atoms with van der Waals surface area (Å²) in [5.74, 6) is 0.368. The van der Waals surface area contributed by atoms with Gasteiger partial charge in [-0.1, -0.05) is 18.3 Å². The van der Waals surface area contributed by atoms with E-state index in [9.17, 15) is 4.79 Å². The van der Waals surface area contributed by atoms with E-state index in [0.29, 0.717) is 23.2 Å². The number of benzene rings is 1. The van der Waals surface area contributed by atoms with Gasteiger partial charge in [0.15, 0.2) is 5.13 Å². The third-order valence-electron chi connectivity index (χ3n) is 3.94. The average Bonchev–Trinajstić information content (AvgIpc) is 3.08. The molecule has 1 aliphatic heterocycles. The van der Waals surface area contributed by atoms with Gasteiger partial charge in [0.2, 0.25) is 0 Å². The molecular formula is C15H19N3O2S. The fraction of sp³-hybridized carbons (Fsp3) is 0.467. The van der Waals surface area contributed by atoms with Crippen LogP contribution in [0.3, 0.4) is 0 Å². The molecular weight excluding hydrogens is 286 g/mol. The standard InChI is InChI=1S/C15H19N3O2S/c1-2-12-10(5-6-20-12)8-17-14(19)9-3-4-11-13(7-9)21-15(16)18-11/h3-4,7,10,12H,2,5-6,8H2,1H3,(H2,16,18)(H,17,19). The maximum absolute atomic E-state index is 12.2. The fourth-order valence-corrected chi connectivity index (χ4v) is 3.56. The molecule has 2 unspecified atom stereocenters. The summed E-state index contributed by atoms with van der Waals surface area (Å²) < 4.78 is 6.58. The van der Waals surface area contributed by atoms with Gasteiger partial charge in [-0.05, 0) is 31.0 Å². The molecule has 2 aromatic rings. The first-order valence-electron chi connectivity index (χ1n) is 7.23. The van der Waals surface area contributed by atoms with E-state index in [0.717, 1.165) is 29.7 Å². The molecule has 0 radical (unpaired) electrons. The molecule has 1 aliphatic rings. The average molecular weight is 305 g/mol. The second kappa shape index (κ2) is 5.99. The minimum atomic E-state index is -0.0503. The first kappa shape index (κ1) is 14.3. The van der Waals surface area contributed by atoms with Gasteiger partial charge in [0, 0.05) is 24.6 Å². The van der Waals surface area contributed by atoms with Crippen molar-refractivity contribution < 1.29 is 9.53 Å². The third-order valence-corrected chi connectivity index (χ3v) is 4.79. The molecule has 1 fully saturated rings. The second-order valence-electron chi connectivity index (χ2n) is 5.31. The molecule has 0 aliphatic carbocycles. The van der Waals surface area contributed by atoms with Gasteiger partial charge in [-0.25, -0.2) is 4.98 Å². The van der Waals surface area contributed by atoms with Crippen LogP contribution in [0.1, 0.15) is 30.1 Å². The number of nitrogens with two attached hydrogens (primary N) is 1. The van der Waals surface area contributed by atoms with Crippen molar-refractivity contribution in [2.24, 2.45) is 5.92 Å². The van der Waals surface area contributed by atoms with Crippen LogP contribution in [0.15, 0.2) is 18.2 Å². The lowest BCUT2D eigenvalue weighted by atomic mass is 9.99. The predicted molar refractivity (Wildman–Crippen MR) is 84.5 cm³/mol. The minimum absolute atomic E-state index is 0.0503. The van der Waals surface area contributed by atoms with Crippen molar-refractivity contribution in [1.82, 2.24) is 10.3 Å². The number of nitrogens with zero attached hydrogens (tertiary/aromatic N) is 1. The highest BCUT2D eigenvalue weighted by atomic mass is 32.1. The molecule has 2 heterocycles. The Balaban J connectivity index is 1.66. The normalized spacial score (nSPS) is 21.8. The highest BCUT2D eigenvalue weighted by Gasteiger charge is 2.26. The van der Waals surface area contributed by atoms with Gasteiger partial charge in [0.25, 0.3) is 5.91 Å².